The Morgan fingerprint density at radius 2 is 1.90 bits per heavy atom. The molecule has 1 fully saturated rings. The molecule has 0 N–H and O–H groups in total. The van der Waals surface area contributed by atoms with E-state index in [1.807, 2.05) is 53.1 Å². The summed E-state index contributed by atoms with van der Waals surface area (Å²) in [5.74, 6) is 1.21. The molecule has 1 aliphatic rings. The van der Waals surface area contributed by atoms with Crippen LogP contribution >= 0.6 is 0 Å². The van der Waals surface area contributed by atoms with Crippen molar-refractivity contribution in [2.24, 2.45) is 0 Å². The number of benzene rings is 1. The Morgan fingerprint density at radius 1 is 1.14 bits per heavy atom. The van der Waals surface area contributed by atoms with Gasteiger partial charge in [-0.2, -0.15) is 5.26 Å². The summed E-state index contributed by atoms with van der Waals surface area (Å²) in [6.07, 6.45) is 0.204. The number of nitrogens with zero attached hydrogens (tertiary/aromatic N) is 6. The Labute approximate surface area is 168 Å². The maximum atomic E-state index is 12.7. The van der Waals surface area contributed by atoms with Gasteiger partial charge < -0.3 is 14.3 Å². The van der Waals surface area contributed by atoms with E-state index in [1.54, 1.807) is 6.07 Å². The fourth-order valence-electron chi connectivity index (χ4n) is 3.31. The first-order valence-electron chi connectivity index (χ1n) is 9.42. The molecule has 2 aromatic heterocycles. The molecule has 8 heteroatoms. The van der Waals surface area contributed by atoms with Crippen molar-refractivity contribution in [3.05, 3.63) is 59.5 Å². The van der Waals surface area contributed by atoms with Gasteiger partial charge in [-0.3, -0.25) is 4.79 Å². The Morgan fingerprint density at radius 3 is 2.62 bits per heavy atom. The van der Waals surface area contributed by atoms with Crippen LogP contribution in [-0.4, -0.2) is 52.1 Å². The maximum absolute atomic E-state index is 12.7. The summed E-state index contributed by atoms with van der Waals surface area (Å²) in [7, 11) is 0. The number of nitriles is 1. The lowest BCUT2D eigenvalue weighted by Crippen LogP contribution is -2.49. The number of hydrogen-bond donors (Lipinski definition) is 0. The molecule has 146 valence electrons. The number of aryl methyl sites for hydroxylation is 1. The zero-order valence-electron chi connectivity index (χ0n) is 16.1. The highest BCUT2D eigenvalue weighted by Gasteiger charge is 2.24. The predicted molar refractivity (Wildman–Crippen MR) is 106 cm³/mol. The molecule has 0 aliphatic carbocycles. The average molecular weight is 388 g/mol. The van der Waals surface area contributed by atoms with Gasteiger partial charge in [0.2, 0.25) is 11.9 Å². The first-order chi connectivity index (χ1) is 14.1. The van der Waals surface area contributed by atoms with Gasteiger partial charge in [0.15, 0.2) is 5.76 Å². The van der Waals surface area contributed by atoms with Crippen LogP contribution in [0.3, 0.4) is 0 Å². The number of amides is 1. The van der Waals surface area contributed by atoms with Gasteiger partial charge in [0.05, 0.1) is 12.1 Å². The van der Waals surface area contributed by atoms with E-state index in [9.17, 15) is 4.79 Å². The fraction of sp³-hybridized carbons (Fsp3) is 0.286. The molecule has 3 aromatic rings. The van der Waals surface area contributed by atoms with Crippen molar-refractivity contribution in [1.29, 1.82) is 5.26 Å². The average Bonchev–Trinajstić information content (AvgIpc) is 3.22. The summed E-state index contributed by atoms with van der Waals surface area (Å²) < 4.78 is 5.37. The number of rotatable bonds is 4. The van der Waals surface area contributed by atoms with Crippen LogP contribution in [0, 0.1) is 18.3 Å². The largest absolute Gasteiger partial charge is 0.356 e. The molecule has 0 atom stereocenters. The van der Waals surface area contributed by atoms with Gasteiger partial charge in [0, 0.05) is 43.5 Å². The Kier molecular flexibility index (Phi) is 5.20. The van der Waals surface area contributed by atoms with Gasteiger partial charge in [-0.25, -0.2) is 9.97 Å². The number of carbonyl (C=O) groups is 1. The second-order valence-electron chi connectivity index (χ2n) is 6.90. The van der Waals surface area contributed by atoms with Crippen molar-refractivity contribution in [2.45, 2.75) is 13.3 Å². The van der Waals surface area contributed by atoms with E-state index in [1.165, 1.54) is 0 Å². The van der Waals surface area contributed by atoms with Crippen molar-refractivity contribution in [1.82, 2.24) is 20.0 Å². The third-order valence-electron chi connectivity index (χ3n) is 4.82. The molecular formula is C21H20N6O2. The summed E-state index contributed by atoms with van der Waals surface area (Å²) >= 11 is 0. The smallest absolute Gasteiger partial charge is 0.228 e. The Balaban J connectivity index is 1.36. The molecule has 0 bridgehead atoms. The van der Waals surface area contributed by atoms with Crippen LogP contribution in [0.5, 0.6) is 0 Å². The molecule has 3 heterocycles. The summed E-state index contributed by atoms with van der Waals surface area (Å²) in [6, 6.07) is 15.2. The van der Waals surface area contributed by atoms with Crippen LogP contribution in [0.25, 0.3) is 11.3 Å². The highest BCUT2D eigenvalue weighted by Crippen LogP contribution is 2.20. The van der Waals surface area contributed by atoms with Crippen molar-refractivity contribution in [2.75, 3.05) is 31.1 Å². The van der Waals surface area contributed by atoms with E-state index >= 15 is 0 Å². The van der Waals surface area contributed by atoms with Gasteiger partial charge in [-0.1, -0.05) is 35.5 Å². The number of carbonyl (C=O) groups excluding carboxylic acids is 1. The third-order valence-corrected chi connectivity index (χ3v) is 4.82. The maximum Gasteiger partial charge on any atom is 0.228 e. The predicted octanol–water partition coefficient (Wildman–Crippen LogP) is 2.20. The zero-order chi connectivity index (χ0) is 20.2. The minimum Gasteiger partial charge on any atom is -0.356 e. The van der Waals surface area contributed by atoms with E-state index < -0.39 is 0 Å². The lowest BCUT2D eigenvalue weighted by atomic mass is 10.1. The van der Waals surface area contributed by atoms with Gasteiger partial charge in [0.25, 0.3) is 0 Å². The molecule has 1 aliphatic heterocycles. The van der Waals surface area contributed by atoms with Crippen LogP contribution in [0.2, 0.25) is 0 Å². The van der Waals surface area contributed by atoms with Crippen molar-refractivity contribution >= 4 is 11.9 Å². The van der Waals surface area contributed by atoms with E-state index in [4.69, 9.17) is 9.78 Å². The minimum atomic E-state index is 0.0143. The van der Waals surface area contributed by atoms with E-state index in [2.05, 4.69) is 21.2 Å². The molecule has 1 amide bonds. The molecule has 0 unspecified atom stereocenters. The fourth-order valence-corrected chi connectivity index (χ4v) is 3.31. The number of aromatic nitrogens is 3. The first kappa shape index (κ1) is 18.6. The lowest BCUT2D eigenvalue weighted by Gasteiger charge is -2.34. The van der Waals surface area contributed by atoms with E-state index in [0.29, 0.717) is 49.3 Å². The second-order valence-corrected chi connectivity index (χ2v) is 6.90. The minimum absolute atomic E-state index is 0.0143. The molecule has 0 saturated carbocycles. The lowest BCUT2D eigenvalue weighted by molar-refractivity contribution is -0.130. The number of anilines is 1. The topological polar surface area (TPSA) is 99.2 Å². The third kappa shape index (κ3) is 4.24. The van der Waals surface area contributed by atoms with Crippen molar-refractivity contribution in [3.8, 4) is 17.4 Å². The van der Waals surface area contributed by atoms with Crippen LogP contribution in [0.4, 0.5) is 5.95 Å². The van der Waals surface area contributed by atoms with E-state index in [-0.39, 0.29) is 12.3 Å². The quantitative estimate of drug-likeness (QED) is 0.675. The molecule has 4 rings (SSSR count). The summed E-state index contributed by atoms with van der Waals surface area (Å²) in [4.78, 5) is 25.2. The molecular weight excluding hydrogens is 368 g/mol. The van der Waals surface area contributed by atoms with Gasteiger partial charge in [-0.05, 0) is 13.0 Å². The monoisotopic (exact) mass is 388 g/mol. The Hall–Kier alpha value is -3.73. The second kappa shape index (κ2) is 8.10. The number of hydrogen-bond acceptors (Lipinski definition) is 7. The molecule has 0 spiro atoms. The normalized spacial score (nSPS) is 13.9. The molecule has 1 aromatic carbocycles. The standard InChI is InChI=1S/C21H20N6O2/c1-15-11-18(14-22)24-21(23-15)27-9-7-26(8-10-27)20(28)13-17-12-19(29-25-17)16-5-3-2-4-6-16/h2-6,11-12H,7-10,13H2,1H3. The first-order valence-corrected chi connectivity index (χ1v) is 9.42. The SMILES string of the molecule is Cc1cc(C#N)nc(N2CCN(C(=O)Cc3cc(-c4ccccc4)on3)CC2)n1. The Bertz CT molecular complexity index is 1050. The van der Waals surface area contributed by atoms with Gasteiger partial charge in [0.1, 0.15) is 11.8 Å². The molecule has 29 heavy (non-hydrogen) atoms. The van der Waals surface area contributed by atoms with E-state index in [0.717, 1.165) is 11.3 Å². The summed E-state index contributed by atoms with van der Waals surface area (Å²) in [6.45, 7) is 4.22. The van der Waals surface area contributed by atoms with Crippen LogP contribution < -0.4 is 4.90 Å². The van der Waals surface area contributed by atoms with Crippen LogP contribution in [0.15, 0.2) is 47.0 Å². The van der Waals surface area contributed by atoms with Crippen molar-refractivity contribution < 1.29 is 9.32 Å². The van der Waals surface area contributed by atoms with Gasteiger partial charge >= 0.3 is 0 Å². The number of piperazine rings is 1. The van der Waals surface area contributed by atoms with Gasteiger partial charge in [-0.15, -0.1) is 0 Å². The van der Waals surface area contributed by atoms with Crippen molar-refractivity contribution in [3.63, 3.8) is 0 Å². The van der Waals surface area contributed by atoms with Crippen LogP contribution in [-0.2, 0) is 11.2 Å². The molecule has 8 nitrogen and oxygen atoms in total. The summed E-state index contributed by atoms with van der Waals surface area (Å²) in [5.41, 5.74) is 2.66. The highest BCUT2D eigenvalue weighted by atomic mass is 16.5. The highest BCUT2D eigenvalue weighted by molar-refractivity contribution is 5.79. The summed E-state index contributed by atoms with van der Waals surface area (Å²) in [5, 5.41) is 13.1. The zero-order valence-corrected chi connectivity index (χ0v) is 16.1. The molecule has 1 saturated heterocycles. The van der Waals surface area contributed by atoms with Crippen LogP contribution in [0.1, 0.15) is 17.1 Å². The molecule has 0 radical (unpaired) electrons.